The highest BCUT2D eigenvalue weighted by molar-refractivity contribution is 6.13. The average Bonchev–Trinajstić information content (AvgIpc) is 3.64. The molecule has 2 unspecified atom stereocenters. The van der Waals surface area contributed by atoms with E-state index in [1.54, 1.807) is 0 Å². The summed E-state index contributed by atoms with van der Waals surface area (Å²) in [6.07, 6.45) is 7.59. The molecule has 0 spiro atoms. The van der Waals surface area contributed by atoms with Crippen LogP contribution in [-0.4, -0.2) is 9.58 Å². The number of nitrogens with zero attached hydrogens (tertiary/aromatic N) is 2. The predicted octanol–water partition coefficient (Wildman–Crippen LogP) is 11.2. The van der Waals surface area contributed by atoms with Crippen LogP contribution in [0, 0.1) is 5.92 Å². The van der Waals surface area contributed by atoms with Gasteiger partial charge in [-0.05, 0) is 80.6 Å². The molecule has 0 bridgehead atoms. The Morgan fingerprint density at radius 3 is 2.38 bits per heavy atom. The Balaban J connectivity index is 1.04. The molecule has 0 saturated carbocycles. The Labute approximate surface area is 312 Å². The first-order chi connectivity index (χ1) is 25.9. The largest absolute Gasteiger partial charge is 0.309 e. The minimum absolute atomic E-state index is 0.131. The molecule has 0 radical (unpaired) electrons. The van der Waals surface area contributed by atoms with E-state index in [2.05, 4.69) is 188 Å². The number of hydrogen-bond donors (Lipinski definition) is 2. The second-order valence-electron chi connectivity index (χ2n) is 15.4. The molecule has 2 aliphatic rings. The van der Waals surface area contributed by atoms with Crippen molar-refractivity contribution in [3.63, 3.8) is 0 Å². The molecule has 4 heteroatoms. The van der Waals surface area contributed by atoms with E-state index in [0.717, 1.165) is 17.7 Å². The Bertz CT molecular complexity index is 2520. The first-order valence-electron chi connectivity index (χ1n) is 18.9. The molecule has 0 saturated heterocycles. The van der Waals surface area contributed by atoms with E-state index in [4.69, 9.17) is 5.84 Å². The molecular formula is C49H46N4. The van der Waals surface area contributed by atoms with Crippen molar-refractivity contribution in [3.8, 4) is 16.8 Å². The number of para-hydroxylation sites is 1. The molecule has 3 N–H and O–H groups in total. The third-order valence-corrected chi connectivity index (χ3v) is 11.4. The maximum atomic E-state index is 6.94. The molecule has 0 fully saturated rings. The van der Waals surface area contributed by atoms with Gasteiger partial charge in [0.25, 0.3) is 0 Å². The predicted molar refractivity (Wildman–Crippen MR) is 221 cm³/mol. The van der Waals surface area contributed by atoms with Gasteiger partial charge in [0, 0.05) is 35.0 Å². The fraction of sp³-hybridized carbons (Fsp3) is 0.184. The van der Waals surface area contributed by atoms with Crippen LogP contribution in [0.1, 0.15) is 66.7 Å². The lowest BCUT2D eigenvalue weighted by molar-refractivity contribution is 0.158. The van der Waals surface area contributed by atoms with Gasteiger partial charge in [-0.15, -0.1) is 0 Å². The number of nitrogens with two attached hydrogens (primary N) is 1. The number of nitrogens with one attached hydrogen (secondary N) is 1. The molecule has 53 heavy (non-hydrogen) atoms. The van der Waals surface area contributed by atoms with E-state index < -0.39 is 0 Å². The Morgan fingerprint density at radius 2 is 1.55 bits per heavy atom. The summed E-state index contributed by atoms with van der Waals surface area (Å²) in [5.74, 6) is 7.51. The van der Waals surface area contributed by atoms with E-state index in [-0.39, 0.29) is 11.6 Å². The van der Waals surface area contributed by atoms with Crippen LogP contribution in [0.4, 0.5) is 0 Å². The Hall–Kier alpha value is -5.52. The summed E-state index contributed by atoms with van der Waals surface area (Å²) in [6.45, 7) is 8.30. The van der Waals surface area contributed by atoms with Crippen molar-refractivity contribution in [2.24, 2.45) is 11.8 Å². The Morgan fingerprint density at radius 1 is 0.774 bits per heavy atom. The van der Waals surface area contributed by atoms with Crippen LogP contribution in [0.5, 0.6) is 0 Å². The van der Waals surface area contributed by atoms with Gasteiger partial charge in [0.15, 0.2) is 0 Å². The number of rotatable bonds is 9. The quantitative estimate of drug-likeness (QED) is 0.0900. The monoisotopic (exact) mass is 690 g/mol. The molecule has 0 amide bonds. The highest BCUT2D eigenvalue weighted by atomic mass is 15.5. The number of aromatic nitrogens is 1. The van der Waals surface area contributed by atoms with Crippen molar-refractivity contribution < 1.29 is 0 Å². The second-order valence-corrected chi connectivity index (χ2v) is 15.4. The second kappa shape index (κ2) is 13.5. The SMILES string of the molecule is CC1C=CC=C(c2ccc(CN(N)C(NCc3cccc(-n4c5ccccc5c5ccc6c(c54)C(C)(C)c4ccccc4-6)c3)c3ccccc3)cc2)C1. The van der Waals surface area contributed by atoms with Gasteiger partial charge < -0.3 is 4.57 Å². The van der Waals surface area contributed by atoms with Crippen LogP contribution in [0.15, 0.2) is 158 Å². The molecule has 1 heterocycles. The van der Waals surface area contributed by atoms with Gasteiger partial charge in [0.05, 0.1) is 17.2 Å². The number of hydrazine groups is 1. The average molecular weight is 691 g/mol. The van der Waals surface area contributed by atoms with E-state index >= 15 is 0 Å². The lowest BCUT2D eigenvalue weighted by Crippen LogP contribution is -2.42. The topological polar surface area (TPSA) is 46.2 Å². The van der Waals surface area contributed by atoms with Crippen molar-refractivity contribution >= 4 is 27.4 Å². The molecule has 6 aromatic carbocycles. The molecule has 262 valence electrons. The molecule has 4 nitrogen and oxygen atoms in total. The highest BCUT2D eigenvalue weighted by Crippen LogP contribution is 2.52. The standard InChI is InChI=1S/C49H46N4/c1-33-13-11-17-38(29-33)36-25-23-34(24-26-36)32-52(50)48(37-15-5-4-6-16-37)51-31-35-14-12-18-39(30-35)53-45-22-10-8-20-41(45)43-28-27-42-40-19-7-9-21-44(40)49(2,3)46(42)47(43)53/h4-28,30,33,48,51H,29,31-32,50H2,1-3H3. The third kappa shape index (κ3) is 5.93. The molecule has 7 aromatic rings. The minimum Gasteiger partial charge on any atom is -0.309 e. The van der Waals surface area contributed by atoms with E-state index in [1.807, 2.05) is 5.01 Å². The number of allylic oxidation sites excluding steroid dienone is 4. The van der Waals surface area contributed by atoms with Crippen molar-refractivity contribution in [1.82, 2.24) is 14.9 Å². The van der Waals surface area contributed by atoms with Crippen LogP contribution >= 0.6 is 0 Å². The third-order valence-electron chi connectivity index (χ3n) is 11.4. The highest BCUT2D eigenvalue weighted by Gasteiger charge is 2.38. The summed E-state index contributed by atoms with van der Waals surface area (Å²) in [6, 6.07) is 50.8. The maximum absolute atomic E-state index is 6.94. The first kappa shape index (κ1) is 33.3. The van der Waals surface area contributed by atoms with Crippen LogP contribution in [0.25, 0.3) is 44.2 Å². The zero-order valence-electron chi connectivity index (χ0n) is 30.8. The molecule has 2 atom stereocenters. The van der Waals surface area contributed by atoms with E-state index in [1.165, 1.54) is 66.3 Å². The fourth-order valence-corrected chi connectivity index (χ4v) is 8.85. The van der Waals surface area contributed by atoms with Crippen molar-refractivity contribution in [2.75, 3.05) is 0 Å². The summed E-state index contributed by atoms with van der Waals surface area (Å²) >= 11 is 0. The van der Waals surface area contributed by atoms with E-state index in [0.29, 0.717) is 19.0 Å². The number of benzene rings is 6. The number of hydrogen-bond acceptors (Lipinski definition) is 3. The van der Waals surface area contributed by atoms with Gasteiger partial charge in [-0.1, -0.05) is 160 Å². The van der Waals surface area contributed by atoms with Gasteiger partial charge in [0.2, 0.25) is 0 Å². The van der Waals surface area contributed by atoms with Gasteiger partial charge in [-0.2, -0.15) is 0 Å². The van der Waals surface area contributed by atoms with Crippen molar-refractivity contribution in [2.45, 2.75) is 51.9 Å². The first-order valence-corrected chi connectivity index (χ1v) is 18.9. The molecule has 9 rings (SSSR count). The number of fused-ring (bicyclic) bond motifs is 7. The summed E-state index contributed by atoms with van der Waals surface area (Å²) in [5, 5.41) is 8.32. The summed E-state index contributed by atoms with van der Waals surface area (Å²) in [7, 11) is 0. The van der Waals surface area contributed by atoms with Gasteiger partial charge >= 0.3 is 0 Å². The van der Waals surface area contributed by atoms with Gasteiger partial charge in [-0.3, -0.25) is 11.2 Å². The normalized spacial score (nSPS) is 16.5. The zero-order valence-corrected chi connectivity index (χ0v) is 30.8. The lowest BCUT2D eigenvalue weighted by Gasteiger charge is -2.29. The van der Waals surface area contributed by atoms with Crippen molar-refractivity contribution in [1.29, 1.82) is 0 Å². The van der Waals surface area contributed by atoms with Crippen molar-refractivity contribution in [3.05, 3.63) is 191 Å². The Kier molecular flexibility index (Phi) is 8.47. The lowest BCUT2D eigenvalue weighted by atomic mass is 9.81. The fourth-order valence-electron chi connectivity index (χ4n) is 8.85. The van der Waals surface area contributed by atoms with Gasteiger partial charge in [0.1, 0.15) is 0 Å². The van der Waals surface area contributed by atoms with Crippen LogP contribution in [0.2, 0.25) is 0 Å². The summed E-state index contributed by atoms with van der Waals surface area (Å²) in [4.78, 5) is 0. The van der Waals surface area contributed by atoms with Crippen LogP contribution in [-0.2, 0) is 18.5 Å². The van der Waals surface area contributed by atoms with E-state index in [9.17, 15) is 0 Å². The summed E-state index contributed by atoms with van der Waals surface area (Å²) < 4.78 is 2.49. The molecular weight excluding hydrogens is 645 g/mol. The maximum Gasteiger partial charge on any atom is 0.0996 e. The smallest absolute Gasteiger partial charge is 0.0996 e. The summed E-state index contributed by atoms with van der Waals surface area (Å²) in [5.41, 5.74) is 15.2. The minimum atomic E-state index is -0.178. The molecule has 2 aliphatic carbocycles. The molecule has 0 aliphatic heterocycles. The molecule has 1 aromatic heterocycles. The van der Waals surface area contributed by atoms with Crippen LogP contribution < -0.4 is 11.2 Å². The zero-order chi connectivity index (χ0) is 36.1. The van der Waals surface area contributed by atoms with Gasteiger partial charge in [-0.25, -0.2) is 5.01 Å². The van der Waals surface area contributed by atoms with Crippen LogP contribution in [0.3, 0.4) is 0 Å².